The molecule has 0 radical (unpaired) electrons. The minimum absolute atomic E-state index is 0.0197. The number of nitrogens with zero attached hydrogens (tertiary/aromatic N) is 3. The number of aromatic amines is 1. The van der Waals surface area contributed by atoms with Crippen molar-refractivity contribution in [3.8, 4) is 29.1 Å². The van der Waals surface area contributed by atoms with Crippen molar-refractivity contribution < 1.29 is 12.8 Å². The summed E-state index contributed by atoms with van der Waals surface area (Å²) in [5, 5.41) is 16.8. The number of hydrogen-bond acceptors (Lipinski definition) is 6. The highest BCUT2D eigenvalue weighted by Crippen LogP contribution is 2.25. The zero-order valence-corrected chi connectivity index (χ0v) is 15.1. The van der Waals surface area contributed by atoms with Crippen molar-refractivity contribution in [3.63, 3.8) is 0 Å². The number of nitrogens with one attached hydrogen (secondary N) is 2. The highest BCUT2D eigenvalue weighted by Gasteiger charge is 2.19. The number of nitriles is 1. The smallest absolute Gasteiger partial charge is 0.264 e. The molecule has 0 fully saturated rings. The van der Waals surface area contributed by atoms with E-state index in [4.69, 9.17) is 9.68 Å². The Hall–Kier alpha value is -3.90. The first kappa shape index (κ1) is 17.5. The number of hydrogen-bond donors (Lipinski definition) is 2. The van der Waals surface area contributed by atoms with E-state index < -0.39 is 10.0 Å². The largest absolute Gasteiger partial charge is 0.415 e. The molecular weight excluding hydrogens is 378 g/mol. The second kappa shape index (κ2) is 7.02. The normalized spacial score (nSPS) is 11.1. The van der Waals surface area contributed by atoms with Gasteiger partial charge in [0.1, 0.15) is 10.6 Å². The highest BCUT2D eigenvalue weighted by molar-refractivity contribution is 7.92. The fraction of sp³-hybridized carbons (Fsp3) is 0. The van der Waals surface area contributed by atoms with Crippen molar-refractivity contribution >= 4 is 15.7 Å². The van der Waals surface area contributed by atoms with E-state index in [1.54, 1.807) is 0 Å². The van der Waals surface area contributed by atoms with Gasteiger partial charge in [0.2, 0.25) is 5.89 Å². The summed E-state index contributed by atoms with van der Waals surface area (Å²) >= 11 is 0. The van der Waals surface area contributed by atoms with Gasteiger partial charge in [-0.25, -0.2) is 8.42 Å². The molecule has 4 rings (SSSR count). The molecule has 2 aromatic heterocycles. The Morgan fingerprint density at radius 2 is 1.71 bits per heavy atom. The number of aromatic nitrogens is 3. The third kappa shape index (κ3) is 3.49. The van der Waals surface area contributed by atoms with Crippen molar-refractivity contribution in [2.45, 2.75) is 4.90 Å². The van der Waals surface area contributed by atoms with Gasteiger partial charge in [0.05, 0.1) is 11.6 Å². The molecule has 0 spiro atoms. The van der Waals surface area contributed by atoms with Gasteiger partial charge >= 0.3 is 0 Å². The van der Waals surface area contributed by atoms with E-state index in [0.717, 1.165) is 5.56 Å². The van der Waals surface area contributed by atoms with Gasteiger partial charge in [0.25, 0.3) is 15.9 Å². The summed E-state index contributed by atoms with van der Waals surface area (Å²) in [5.41, 5.74) is 1.95. The third-order valence-electron chi connectivity index (χ3n) is 3.91. The highest BCUT2D eigenvalue weighted by atomic mass is 32.2. The SMILES string of the molecule is N#Cc1ccc(NS(=O)(=O)c2c[nH]c(-c3nnc(-c4ccccc4)o3)c2)cc1. The Morgan fingerprint density at radius 3 is 2.43 bits per heavy atom. The van der Waals surface area contributed by atoms with Crippen LogP contribution in [0.5, 0.6) is 0 Å². The minimum atomic E-state index is -3.82. The van der Waals surface area contributed by atoms with Crippen LogP contribution in [0.25, 0.3) is 23.0 Å². The first-order valence-corrected chi connectivity index (χ1v) is 9.64. The van der Waals surface area contributed by atoms with Gasteiger partial charge in [-0.3, -0.25) is 4.72 Å². The maximum atomic E-state index is 12.6. The molecule has 0 atom stereocenters. The predicted molar refractivity (Wildman–Crippen MR) is 101 cm³/mol. The summed E-state index contributed by atoms with van der Waals surface area (Å²) < 4.78 is 33.2. The fourth-order valence-electron chi connectivity index (χ4n) is 2.51. The quantitative estimate of drug-likeness (QED) is 0.537. The fourth-order valence-corrected chi connectivity index (χ4v) is 3.56. The van der Waals surface area contributed by atoms with Crippen molar-refractivity contribution in [2.24, 2.45) is 0 Å². The molecule has 0 aliphatic rings. The van der Waals surface area contributed by atoms with Gasteiger partial charge in [-0.15, -0.1) is 10.2 Å². The number of anilines is 1. The molecule has 0 amide bonds. The van der Waals surface area contributed by atoms with Crippen LogP contribution in [0.1, 0.15) is 5.56 Å². The van der Waals surface area contributed by atoms with Crippen LogP contribution in [-0.2, 0) is 10.0 Å². The summed E-state index contributed by atoms with van der Waals surface area (Å²) in [5.74, 6) is 0.518. The van der Waals surface area contributed by atoms with Gasteiger partial charge < -0.3 is 9.40 Å². The second-order valence-electron chi connectivity index (χ2n) is 5.82. The Bertz CT molecular complexity index is 1250. The van der Waals surface area contributed by atoms with Gasteiger partial charge in [-0.2, -0.15) is 5.26 Å². The summed E-state index contributed by atoms with van der Waals surface area (Å²) in [6.45, 7) is 0. The Labute approximate surface area is 160 Å². The lowest BCUT2D eigenvalue weighted by Gasteiger charge is -2.05. The summed E-state index contributed by atoms with van der Waals surface area (Å²) in [6.07, 6.45) is 1.34. The zero-order valence-electron chi connectivity index (χ0n) is 14.3. The van der Waals surface area contributed by atoms with Crippen molar-refractivity contribution in [2.75, 3.05) is 4.72 Å². The van der Waals surface area contributed by atoms with Crippen LogP contribution in [0.2, 0.25) is 0 Å². The van der Waals surface area contributed by atoms with Crippen LogP contribution >= 0.6 is 0 Å². The van der Waals surface area contributed by atoms with Crippen LogP contribution < -0.4 is 4.72 Å². The number of rotatable bonds is 5. The molecule has 28 heavy (non-hydrogen) atoms. The lowest BCUT2D eigenvalue weighted by molar-refractivity contribution is 0.582. The van der Waals surface area contributed by atoms with E-state index >= 15 is 0 Å². The molecular formula is C19H13N5O3S. The van der Waals surface area contributed by atoms with Gasteiger partial charge in [-0.1, -0.05) is 18.2 Å². The van der Waals surface area contributed by atoms with E-state index in [1.807, 2.05) is 36.4 Å². The van der Waals surface area contributed by atoms with Crippen LogP contribution in [0, 0.1) is 11.3 Å². The Balaban J connectivity index is 1.57. The molecule has 2 aromatic carbocycles. The maximum absolute atomic E-state index is 12.6. The second-order valence-corrected chi connectivity index (χ2v) is 7.50. The molecule has 4 aromatic rings. The molecule has 0 bridgehead atoms. The van der Waals surface area contributed by atoms with Crippen molar-refractivity contribution in [3.05, 3.63) is 72.4 Å². The maximum Gasteiger partial charge on any atom is 0.264 e. The Morgan fingerprint density at radius 1 is 1.00 bits per heavy atom. The van der Waals surface area contributed by atoms with E-state index in [9.17, 15) is 8.42 Å². The molecule has 8 nitrogen and oxygen atoms in total. The van der Waals surface area contributed by atoms with E-state index in [0.29, 0.717) is 22.8 Å². The van der Waals surface area contributed by atoms with Crippen LogP contribution in [0.15, 0.2) is 76.2 Å². The average molecular weight is 391 g/mol. The molecule has 0 unspecified atom stereocenters. The van der Waals surface area contributed by atoms with Gasteiger partial charge in [-0.05, 0) is 42.5 Å². The minimum Gasteiger partial charge on any atom is -0.415 e. The Kier molecular flexibility index (Phi) is 4.39. The summed E-state index contributed by atoms with van der Waals surface area (Å²) in [7, 11) is -3.82. The summed E-state index contributed by atoms with van der Waals surface area (Å²) in [6, 6.07) is 18.8. The predicted octanol–water partition coefficient (Wildman–Crippen LogP) is 3.40. The lowest BCUT2D eigenvalue weighted by atomic mass is 10.2. The van der Waals surface area contributed by atoms with Crippen LogP contribution in [0.4, 0.5) is 5.69 Å². The molecule has 138 valence electrons. The first-order chi connectivity index (χ1) is 13.5. The molecule has 2 heterocycles. The lowest BCUT2D eigenvalue weighted by Crippen LogP contribution is -2.12. The number of H-pyrrole nitrogens is 1. The van der Waals surface area contributed by atoms with Crippen LogP contribution in [-0.4, -0.2) is 23.6 Å². The topological polar surface area (TPSA) is 125 Å². The molecule has 0 saturated carbocycles. The van der Waals surface area contributed by atoms with Crippen molar-refractivity contribution in [1.82, 2.24) is 15.2 Å². The van der Waals surface area contributed by atoms with Crippen LogP contribution in [0.3, 0.4) is 0 Å². The number of benzene rings is 2. The monoisotopic (exact) mass is 391 g/mol. The zero-order chi connectivity index (χ0) is 19.6. The number of sulfonamides is 1. The summed E-state index contributed by atoms with van der Waals surface area (Å²) in [4.78, 5) is 2.86. The molecule has 0 saturated heterocycles. The molecule has 0 aliphatic heterocycles. The molecule has 9 heteroatoms. The van der Waals surface area contributed by atoms with Crippen molar-refractivity contribution in [1.29, 1.82) is 5.26 Å². The van der Waals surface area contributed by atoms with Gasteiger partial charge in [0.15, 0.2) is 0 Å². The van der Waals surface area contributed by atoms with E-state index in [2.05, 4.69) is 19.9 Å². The standard InChI is InChI=1S/C19H13N5O3S/c20-11-13-6-8-15(9-7-13)24-28(25,26)16-10-17(21-12-16)19-23-22-18(27-19)14-4-2-1-3-5-14/h1-10,12,21,24H. The molecule has 0 aliphatic carbocycles. The van der Waals surface area contributed by atoms with E-state index in [-0.39, 0.29) is 10.8 Å². The van der Waals surface area contributed by atoms with E-state index in [1.165, 1.54) is 36.5 Å². The molecule has 2 N–H and O–H groups in total. The third-order valence-corrected chi connectivity index (χ3v) is 5.27. The average Bonchev–Trinajstić information content (AvgIpc) is 3.39. The van der Waals surface area contributed by atoms with Gasteiger partial charge in [0, 0.05) is 17.4 Å². The first-order valence-electron chi connectivity index (χ1n) is 8.16.